The molecular weight excluding hydrogens is 168 g/mol. The Labute approximate surface area is 79.4 Å². The predicted octanol–water partition coefficient (Wildman–Crippen LogP) is 2.22. The molecule has 0 aliphatic heterocycles. The molecule has 0 amide bonds. The number of carbonyl (C=O) groups is 1. The lowest BCUT2D eigenvalue weighted by atomic mass is 10.2. The van der Waals surface area contributed by atoms with Crippen LogP contribution in [-0.4, -0.2) is 23.8 Å². The number of carboxylic acid groups (broad SMARTS) is 1. The van der Waals surface area contributed by atoms with E-state index in [9.17, 15) is 4.79 Å². The van der Waals surface area contributed by atoms with Gasteiger partial charge in [0.05, 0.1) is 6.10 Å². The molecule has 0 radical (unpaired) electrons. The predicted molar refractivity (Wildman–Crippen MR) is 51.7 cm³/mol. The third kappa shape index (κ3) is 6.34. The summed E-state index contributed by atoms with van der Waals surface area (Å²) in [6.45, 7) is 6.32. The van der Waals surface area contributed by atoms with Gasteiger partial charge in [-0.3, -0.25) is 0 Å². The Morgan fingerprint density at radius 3 is 2.69 bits per heavy atom. The zero-order valence-electron chi connectivity index (χ0n) is 8.54. The second kappa shape index (κ2) is 6.66. The molecule has 0 saturated heterocycles. The van der Waals surface area contributed by atoms with Crippen LogP contribution in [0.15, 0.2) is 11.6 Å². The Morgan fingerprint density at radius 2 is 2.23 bits per heavy atom. The van der Waals surface area contributed by atoms with E-state index in [1.54, 1.807) is 13.0 Å². The second-order valence-corrected chi connectivity index (χ2v) is 3.11. The molecule has 0 spiro atoms. The van der Waals surface area contributed by atoms with Crippen molar-refractivity contribution < 1.29 is 14.6 Å². The van der Waals surface area contributed by atoms with Crippen LogP contribution >= 0.6 is 0 Å². The molecule has 0 fully saturated rings. The van der Waals surface area contributed by atoms with Crippen molar-refractivity contribution in [2.24, 2.45) is 0 Å². The average molecular weight is 186 g/mol. The summed E-state index contributed by atoms with van der Waals surface area (Å²) in [5.74, 6) is -0.859. The fourth-order valence-electron chi connectivity index (χ4n) is 0.817. The number of hydrogen-bond acceptors (Lipinski definition) is 2. The first kappa shape index (κ1) is 12.2. The van der Waals surface area contributed by atoms with Gasteiger partial charge >= 0.3 is 5.97 Å². The van der Waals surface area contributed by atoms with Crippen molar-refractivity contribution >= 4 is 5.97 Å². The highest BCUT2D eigenvalue weighted by atomic mass is 16.5. The van der Waals surface area contributed by atoms with Crippen molar-refractivity contribution in [3.8, 4) is 0 Å². The Morgan fingerprint density at radius 1 is 1.62 bits per heavy atom. The Kier molecular flexibility index (Phi) is 6.24. The fraction of sp³-hybridized carbons (Fsp3) is 0.700. The third-order valence-corrected chi connectivity index (χ3v) is 1.70. The van der Waals surface area contributed by atoms with Crippen molar-refractivity contribution in [1.29, 1.82) is 0 Å². The van der Waals surface area contributed by atoms with Crippen LogP contribution < -0.4 is 0 Å². The molecule has 0 aliphatic carbocycles. The smallest absolute Gasteiger partial charge is 0.330 e. The summed E-state index contributed by atoms with van der Waals surface area (Å²) in [5, 5.41) is 8.56. The highest BCUT2D eigenvalue weighted by Gasteiger charge is 2.02. The molecule has 1 atom stereocenters. The molecular formula is C10H18O3. The van der Waals surface area contributed by atoms with E-state index in [1.807, 2.05) is 13.8 Å². The van der Waals surface area contributed by atoms with Crippen molar-refractivity contribution in [3.63, 3.8) is 0 Å². The molecule has 1 N–H and O–H groups in total. The summed E-state index contributed by atoms with van der Waals surface area (Å²) in [6.07, 6.45) is 3.46. The maximum atomic E-state index is 10.4. The van der Waals surface area contributed by atoms with E-state index in [0.29, 0.717) is 12.0 Å². The second-order valence-electron chi connectivity index (χ2n) is 3.11. The van der Waals surface area contributed by atoms with Gasteiger partial charge in [0, 0.05) is 12.2 Å². The Bertz CT molecular complexity index is 185. The quantitative estimate of drug-likeness (QED) is 0.647. The number of rotatable bonds is 6. The van der Waals surface area contributed by atoms with E-state index in [2.05, 4.69) is 0 Å². The highest BCUT2D eigenvalue weighted by molar-refractivity contribution is 5.85. The van der Waals surface area contributed by atoms with Crippen LogP contribution in [0.3, 0.4) is 0 Å². The van der Waals surface area contributed by atoms with Crippen molar-refractivity contribution in [2.75, 3.05) is 6.61 Å². The topological polar surface area (TPSA) is 46.5 Å². The standard InChI is InChI=1S/C10H18O3/c1-4-7-13-9(3)6-5-8(2)10(11)12/h5,9H,4,6-7H2,1-3H3,(H,11,12). The highest BCUT2D eigenvalue weighted by Crippen LogP contribution is 2.03. The molecule has 0 aromatic carbocycles. The number of aliphatic carboxylic acids is 1. The summed E-state index contributed by atoms with van der Waals surface area (Å²) in [6, 6.07) is 0. The van der Waals surface area contributed by atoms with Crippen LogP contribution in [0.4, 0.5) is 0 Å². The molecule has 76 valence electrons. The van der Waals surface area contributed by atoms with E-state index in [0.717, 1.165) is 13.0 Å². The van der Waals surface area contributed by atoms with Gasteiger partial charge < -0.3 is 9.84 Å². The van der Waals surface area contributed by atoms with Gasteiger partial charge in [-0.25, -0.2) is 4.79 Å². The summed E-state index contributed by atoms with van der Waals surface area (Å²) >= 11 is 0. The van der Waals surface area contributed by atoms with E-state index in [-0.39, 0.29) is 6.10 Å². The van der Waals surface area contributed by atoms with E-state index < -0.39 is 5.97 Å². The minimum atomic E-state index is -0.859. The third-order valence-electron chi connectivity index (χ3n) is 1.70. The monoisotopic (exact) mass is 186 g/mol. The largest absolute Gasteiger partial charge is 0.478 e. The van der Waals surface area contributed by atoms with Crippen molar-refractivity contribution in [3.05, 3.63) is 11.6 Å². The van der Waals surface area contributed by atoms with E-state index in [4.69, 9.17) is 9.84 Å². The summed E-state index contributed by atoms with van der Waals surface area (Å²) in [7, 11) is 0. The van der Waals surface area contributed by atoms with Crippen LogP contribution in [0.25, 0.3) is 0 Å². The van der Waals surface area contributed by atoms with Crippen LogP contribution in [0.5, 0.6) is 0 Å². The minimum Gasteiger partial charge on any atom is -0.478 e. The molecule has 0 aromatic rings. The van der Waals surface area contributed by atoms with Crippen LogP contribution in [-0.2, 0) is 9.53 Å². The summed E-state index contributed by atoms with van der Waals surface area (Å²) in [4.78, 5) is 10.4. The Hall–Kier alpha value is -0.830. The van der Waals surface area contributed by atoms with Gasteiger partial charge in [-0.05, 0) is 26.7 Å². The lowest BCUT2D eigenvalue weighted by Gasteiger charge is -2.09. The minimum absolute atomic E-state index is 0.106. The lowest BCUT2D eigenvalue weighted by molar-refractivity contribution is -0.132. The molecule has 0 heterocycles. The Balaban J connectivity index is 3.73. The molecule has 0 bridgehead atoms. The van der Waals surface area contributed by atoms with Gasteiger partial charge in [-0.15, -0.1) is 0 Å². The molecule has 0 aromatic heterocycles. The van der Waals surface area contributed by atoms with Crippen LogP contribution in [0.2, 0.25) is 0 Å². The first-order chi connectivity index (χ1) is 6.07. The molecule has 0 rings (SSSR count). The van der Waals surface area contributed by atoms with Gasteiger partial charge in [0.2, 0.25) is 0 Å². The maximum Gasteiger partial charge on any atom is 0.330 e. The van der Waals surface area contributed by atoms with Gasteiger partial charge in [0.15, 0.2) is 0 Å². The van der Waals surface area contributed by atoms with Crippen LogP contribution in [0.1, 0.15) is 33.6 Å². The lowest BCUT2D eigenvalue weighted by Crippen LogP contribution is -2.08. The molecule has 0 saturated carbocycles. The molecule has 13 heavy (non-hydrogen) atoms. The van der Waals surface area contributed by atoms with Crippen LogP contribution in [0, 0.1) is 0 Å². The maximum absolute atomic E-state index is 10.4. The van der Waals surface area contributed by atoms with E-state index >= 15 is 0 Å². The molecule has 3 heteroatoms. The molecule has 0 aliphatic rings. The first-order valence-electron chi connectivity index (χ1n) is 4.59. The number of hydrogen-bond donors (Lipinski definition) is 1. The average Bonchev–Trinajstić information content (AvgIpc) is 2.10. The number of carboxylic acids is 1. The van der Waals surface area contributed by atoms with Crippen molar-refractivity contribution in [1.82, 2.24) is 0 Å². The zero-order valence-corrected chi connectivity index (χ0v) is 8.54. The number of ether oxygens (including phenoxy) is 1. The fourth-order valence-corrected chi connectivity index (χ4v) is 0.817. The van der Waals surface area contributed by atoms with Gasteiger partial charge in [0.25, 0.3) is 0 Å². The SMILES string of the molecule is CCCOC(C)CC=C(C)C(=O)O. The molecule has 1 unspecified atom stereocenters. The summed E-state index contributed by atoms with van der Waals surface area (Å²) in [5.41, 5.74) is 0.381. The normalized spacial score (nSPS) is 14.2. The van der Waals surface area contributed by atoms with E-state index in [1.165, 1.54) is 0 Å². The summed E-state index contributed by atoms with van der Waals surface area (Å²) < 4.78 is 5.38. The molecule has 3 nitrogen and oxygen atoms in total. The van der Waals surface area contributed by atoms with Gasteiger partial charge in [-0.1, -0.05) is 13.0 Å². The van der Waals surface area contributed by atoms with Gasteiger partial charge in [-0.2, -0.15) is 0 Å². The first-order valence-corrected chi connectivity index (χ1v) is 4.59. The van der Waals surface area contributed by atoms with Crippen molar-refractivity contribution in [2.45, 2.75) is 39.7 Å². The zero-order chi connectivity index (χ0) is 10.3. The van der Waals surface area contributed by atoms with Gasteiger partial charge in [0.1, 0.15) is 0 Å².